The molecule has 2 rings (SSSR count). The van der Waals surface area contributed by atoms with Crippen LogP contribution in [0.15, 0.2) is 24.3 Å². The number of rotatable bonds is 4. The van der Waals surface area contributed by atoms with Gasteiger partial charge in [-0.15, -0.1) is 0 Å². The molecule has 0 amide bonds. The summed E-state index contributed by atoms with van der Waals surface area (Å²) in [6.45, 7) is 1.54. The molecule has 20 heavy (non-hydrogen) atoms. The number of nitrogens with one attached hydrogen (secondary N) is 1. The quantitative estimate of drug-likeness (QED) is 0.603. The van der Waals surface area contributed by atoms with Crippen LogP contribution in [0.25, 0.3) is 0 Å². The highest BCUT2D eigenvalue weighted by Gasteiger charge is 2.28. The van der Waals surface area contributed by atoms with E-state index in [0.29, 0.717) is 37.6 Å². The maximum absolute atomic E-state index is 12.4. The summed E-state index contributed by atoms with van der Waals surface area (Å²) in [4.78, 5) is 0. The number of nitrogens with two attached hydrogens (primary N) is 1. The van der Waals surface area contributed by atoms with E-state index >= 15 is 0 Å². The van der Waals surface area contributed by atoms with Gasteiger partial charge in [0.1, 0.15) is 5.84 Å². The average molecular weight is 298 g/mol. The van der Waals surface area contributed by atoms with E-state index < -0.39 is 10.2 Å². The van der Waals surface area contributed by atoms with Gasteiger partial charge in [-0.1, -0.05) is 0 Å². The van der Waals surface area contributed by atoms with E-state index in [4.69, 9.17) is 15.9 Å². The van der Waals surface area contributed by atoms with Crippen molar-refractivity contribution in [3.05, 3.63) is 29.8 Å². The van der Waals surface area contributed by atoms with Crippen LogP contribution in [0.1, 0.15) is 5.56 Å². The lowest BCUT2D eigenvalue weighted by atomic mass is 10.2. The SMILES string of the molecule is CN(c1ccc(C(=N)N)cc1)S(=O)(=O)N1CCOCC1. The fourth-order valence-corrected chi connectivity index (χ4v) is 3.28. The summed E-state index contributed by atoms with van der Waals surface area (Å²) in [5.41, 5.74) is 6.46. The molecule has 7 nitrogen and oxygen atoms in total. The van der Waals surface area contributed by atoms with E-state index in [1.165, 1.54) is 15.7 Å². The number of morpholine rings is 1. The Hall–Kier alpha value is -1.64. The first-order valence-electron chi connectivity index (χ1n) is 6.19. The molecule has 1 aliphatic heterocycles. The minimum absolute atomic E-state index is 0.0461. The standard InChI is InChI=1S/C12H18N4O3S/c1-15(11-4-2-10(3-5-11)12(13)14)20(17,18)16-6-8-19-9-7-16/h2-5H,6-9H2,1H3,(H3,13,14). The third-order valence-corrected chi connectivity index (χ3v) is 5.11. The predicted octanol–water partition coefficient (Wildman–Crippen LogP) is -0.0161. The first-order valence-corrected chi connectivity index (χ1v) is 7.59. The largest absolute Gasteiger partial charge is 0.384 e. The molecule has 0 spiro atoms. The number of anilines is 1. The number of ether oxygens (including phenoxy) is 1. The molecule has 0 aromatic heterocycles. The minimum Gasteiger partial charge on any atom is -0.384 e. The molecule has 3 N–H and O–H groups in total. The molecule has 1 aliphatic rings. The van der Waals surface area contributed by atoms with E-state index in [2.05, 4.69) is 0 Å². The van der Waals surface area contributed by atoms with Crippen molar-refractivity contribution in [2.45, 2.75) is 0 Å². The van der Waals surface area contributed by atoms with Crippen molar-refractivity contribution in [1.82, 2.24) is 4.31 Å². The van der Waals surface area contributed by atoms with Gasteiger partial charge in [-0.2, -0.15) is 12.7 Å². The molecule has 0 atom stereocenters. The molecule has 0 radical (unpaired) electrons. The zero-order valence-electron chi connectivity index (χ0n) is 11.2. The van der Waals surface area contributed by atoms with Crippen LogP contribution in [-0.2, 0) is 14.9 Å². The fraction of sp³-hybridized carbons (Fsp3) is 0.417. The third-order valence-electron chi connectivity index (χ3n) is 3.18. The summed E-state index contributed by atoms with van der Waals surface area (Å²) >= 11 is 0. The van der Waals surface area contributed by atoms with Crippen molar-refractivity contribution in [2.24, 2.45) is 5.73 Å². The summed E-state index contributed by atoms with van der Waals surface area (Å²) in [6.07, 6.45) is 0. The van der Waals surface area contributed by atoms with Crippen molar-refractivity contribution in [3.63, 3.8) is 0 Å². The molecule has 110 valence electrons. The maximum atomic E-state index is 12.4. The minimum atomic E-state index is -3.55. The summed E-state index contributed by atoms with van der Waals surface area (Å²) in [7, 11) is -2.04. The fourth-order valence-electron chi connectivity index (χ4n) is 1.93. The van der Waals surface area contributed by atoms with Gasteiger partial charge in [-0.3, -0.25) is 9.71 Å². The van der Waals surface area contributed by atoms with Gasteiger partial charge in [0.25, 0.3) is 0 Å². The Balaban J connectivity index is 2.20. The van der Waals surface area contributed by atoms with Crippen LogP contribution >= 0.6 is 0 Å². The smallest absolute Gasteiger partial charge is 0.303 e. The first kappa shape index (κ1) is 14.8. The monoisotopic (exact) mass is 298 g/mol. The van der Waals surface area contributed by atoms with Crippen LogP contribution in [0.3, 0.4) is 0 Å². The molecule has 0 bridgehead atoms. The number of amidine groups is 1. The van der Waals surface area contributed by atoms with Gasteiger partial charge in [0.15, 0.2) is 0 Å². The second-order valence-electron chi connectivity index (χ2n) is 4.45. The van der Waals surface area contributed by atoms with Crippen LogP contribution < -0.4 is 10.0 Å². The highest BCUT2D eigenvalue weighted by molar-refractivity contribution is 7.90. The summed E-state index contributed by atoms with van der Waals surface area (Å²) in [6, 6.07) is 6.52. The van der Waals surface area contributed by atoms with Crippen molar-refractivity contribution < 1.29 is 13.2 Å². The highest BCUT2D eigenvalue weighted by atomic mass is 32.2. The lowest BCUT2D eigenvalue weighted by molar-refractivity contribution is 0.0730. The number of hydrogen-bond donors (Lipinski definition) is 2. The summed E-state index contributed by atoms with van der Waals surface area (Å²) < 4.78 is 32.7. The number of hydrogen-bond acceptors (Lipinski definition) is 4. The third kappa shape index (κ3) is 2.92. The van der Waals surface area contributed by atoms with E-state index in [-0.39, 0.29) is 5.84 Å². The Kier molecular flexibility index (Phi) is 4.26. The number of nitrogens with zero attached hydrogens (tertiary/aromatic N) is 2. The molecule has 0 saturated carbocycles. The Morgan fingerprint density at radius 2 is 1.85 bits per heavy atom. The van der Waals surface area contributed by atoms with Gasteiger partial charge in [0, 0.05) is 25.7 Å². The molecule has 1 aromatic rings. The molecular formula is C12H18N4O3S. The van der Waals surface area contributed by atoms with Crippen LogP contribution in [0.5, 0.6) is 0 Å². The Morgan fingerprint density at radius 1 is 1.30 bits per heavy atom. The zero-order valence-corrected chi connectivity index (χ0v) is 12.1. The Bertz CT molecular complexity index is 579. The molecule has 0 aliphatic carbocycles. The predicted molar refractivity (Wildman–Crippen MR) is 77.2 cm³/mol. The zero-order chi connectivity index (χ0) is 14.8. The van der Waals surface area contributed by atoms with Crippen molar-refractivity contribution in [1.29, 1.82) is 5.41 Å². The second-order valence-corrected chi connectivity index (χ2v) is 6.41. The lowest BCUT2D eigenvalue weighted by Crippen LogP contribution is -2.47. The molecule has 1 heterocycles. The van der Waals surface area contributed by atoms with Crippen LogP contribution in [0, 0.1) is 5.41 Å². The van der Waals surface area contributed by atoms with Crippen LogP contribution in [-0.4, -0.2) is 51.9 Å². The number of nitrogen functional groups attached to an aromatic ring is 1. The van der Waals surface area contributed by atoms with Crippen molar-refractivity contribution in [2.75, 3.05) is 37.7 Å². The van der Waals surface area contributed by atoms with Gasteiger partial charge in [0.2, 0.25) is 0 Å². The molecule has 1 aromatic carbocycles. The summed E-state index contributed by atoms with van der Waals surface area (Å²) in [5, 5.41) is 7.32. The second kappa shape index (κ2) is 5.78. The maximum Gasteiger partial charge on any atom is 0.303 e. The van der Waals surface area contributed by atoms with Crippen LogP contribution in [0.2, 0.25) is 0 Å². The van der Waals surface area contributed by atoms with Gasteiger partial charge in [-0.05, 0) is 24.3 Å². The highest BCUT2D eigenvalue weighted by Crippen LogP contribution is 2.19. The normalized spacial score (nSPS) is 16.9. The molecule has 8 heteroatoms. The molecule has 1 fully saturated rings. The molecular weight excluding hydrogens is 280 g/mol. The summed E-state index contributed by atoms with van der Waals surface area (Å²) in [5.74, 6) is -0.0461. The van der Waals surface area contributed by atoms with Crippen molar-refractivity contribution >= 4 is 21.7 Å². The van der Waals surface area contributed by atoms with E-state index in [9.17, 15) is 8.42 Å². The van der Waals surface area contributed by atoms with E-state index in [1.54, 1.807) is 24.3 Å². The van der Waals surface area contributed by atoms with E-state index in [1.807, 2.05) is 0 Å². The van der Waals surface area contributed by atoms with Gasteiger partial charge < -0.3 is 10.5 Å². The topological polar surface area (TPSA) is 99.7 Å². The van der Waals surface area contributed by atoms with Gasteiger partial charge in [-0.25, -0.2) is 0 Å². The molecule has 1 saturated heterocycles. The van der Waals surface area contributed by atoms with Crippen LogP contribution in [0.4, 0.5) is 5.69 Å². The van der Waals surface area contributed by atoms with Crippen molar-refractivity contribution in [3.8, 4) is 0 Å². The molecule has 0 unspecified atom stereocenters. The van der Waals surface area contributed by atoms with Gasteiger partial charge in [0.05, 0.1) is 18.9 Å². The Labute approximate surface area is 118 Å². The van der Waals surface area contributed by atoms with Gasteiger partial charge >= 0.3 is 10.2 Å². The Morgan fingerprint density at radius 3 is 2.35 bits per heavy atom. The van der Waals surface area contributed by atoms with E-state index in [0.717, 1.165) is 0 Å². The lowest BCUT2D eigenvalue weighted by Gasteiger charge is -2.31. The number of benzene rings is 1. The first-order chi connectivity index (χ1) is 9.43. The average Bonchev–Trinajstić information content (AvgIpc) is 2.47.